The van der Waals surface area contributed by atoms with Gasteiger partial charge >= 0.3 is 5.97 Å². The number of carbonyl (C=O) groups is 1. The Labute approximate surface area is 104 Å². The van der Waals surface area contributed by atoms with Gasteiger partial charge in [0.15, 0.2) is 0 Å². The van der Waals surface area contributed by atoms with Crippen molar-refractivity contribution in [1.82, 2.24) is 0 Å². The first-order chi connectivity index (χ1) is 8.22. The fourth-order valence-corrected chi connectivity index (χ4v) is 1.77. The van der Waals surface area contributed by atoms with Gasteiger partial charge in [-0.2, -0.15) is 0 Å². The van der Waals surface area contributed by atoms with Crippen molar-refractivity contribution in [3.63, 3.8) is 0 Å². The van der Waals surface area contributed by atoms with Crippen LogP contribution in [0.1, 0.15) is 45.1 Å². The van der Waals surface area contributed by atoms with Crippen LogP contribution in [0.25, 0.3) is 0 Å². The van der Waals surface area contributed by atoms with Gasteiger partial charge in [0.05, 0.1) is 6.10 Å². The van der Waals surface area contributed by atoms with Gasteiger partial charge in [0.2, 0.25) is 0 Å². The third kappa shape index (κ3) is 6.10. The van der Waals surface area contributed by atoms with Crippen LogP contribution in [0.3, 0.4) is 0 Å². The number of benzene rings is 1. The van der Waals surface area contributed by atoms with E-state index in [0.717, 1.165) is 25.7 Å². The summed E-state index contributed by atoms with van der Waals surface area (Å²) < 4.78 is 5.21. The van der Waals surface area contributed by atoms with Crippen LogP contribution in [-0.4, -0.2) is 12.1 Å². The monoisotopic (exact) mass is 234 g/mol. The molecular weight excluding hydrogens is 212 g/mol. The van der Waals surface area contributed by atoms with Gasteiger partial charge in [-0.05, 0) is 38.2 Å². The van der Waals surface area contributed by atoms with Crippen molar-refractivity contribution >= 4 is 5.97 Å². The summed E-state index contributed by atoms with van der Waals surface area (Å²) >= 11 is 0. The van der Waals surface area contributed by atoms with Gasteiger partial charge in [-0.3, -0.25) is 4.79 Å². The normalized spacial score (nSPS) is 12.1. The summed E-state index contributed by atoms with van der Waals surface area (Å²) in [5.74, 6) is -0.0967. The number of unbranched alkanes of at least 4 members (excludes halogenated alkanes) is 1. The maximum absolute atomic E-state index is 11.1. The van der Waals surface area contributed by atoms with E-state index < -0.39 is 0 Å². The lowest BCUT2D eigenvalue weighted by Gasteiger charge is -2.12. The smallest absolute Gasteiger partial charge is 0.305 e. The molecule has 2 nitrogen and oxygen atoms in total. The van der Waals surface area contributed by atoms with Crippen molar-refractivity contribution < 1.29 is 9.53 Å². The van der Waals surface area contributed by atoms with Crippen LogP contribution in [0.4, 0.5) is 0 Å². The van der Waals surface area contributed by atoms with E-state index in [-0.39, 0.29) is 12.1 Å². The molecule has 1 aromatic carbocycles. The van der Waals surface area contributed by atoms with Gasteiger partial charge in [-0.15, -0.1) is 0 Å². The molecule has 0 saturated heterocycles. The average molecular weight is 234 g/mol. The van der Waals surface area contributed by atoms with Crippen molar-refractivity contribution in [3.05, 3.63) is 35.9 Å². The highest BCUT2D eigenvalue weighted by atomic mass is 16.5. The first kappa shape index (κ1) is 13.8. The molecule has 1 aromatic rings. The van der Waals surface area contributed by atoms with Gasteiger partial charge in [0, 0.05) is 6.42 Å². The van der Waals surface area contributed by atoms with Crippen LogP contribution < -0.4 is 0 Å². The summed E-state index contributed by atoms with van der Waals surface area (Å²) in [4.78, 5) is 11.1. The molecule has 0 N–H and O–H groups in total. The molecule has 2 heteroatoms. The predicted octanol–water partition coefficient (Wildman–Crippen LogP) is 3.74. The highest BCUT2D eigenvalue weighted by molar-refractivity contribution is 5.69. The van der Waals surface area contributed by atoms with Crippen LogP contribution in [0.5, 0.6) is 0 Å². The minimum Gasteiger partial charge on any atom is -0.463 e. The molecule has 0 spiro atoms. The molecule has 0 saturated carbocycles. The first-order valence-corrected chi connectivity index (χ1v) is 6.45. The second-order valence-corrected chi connectivity index (χ2v) is 4.39. The Kier molecular flexibility index (Phi) is 6.38. The van der Waals surface area contributed by atoms with Crippen molar-refractivity contribution in [3.8, 4) is 0 Å². The Morgan fingerprint density at radius 1 is 1.24 bits per heavy atom. The van der Waals surface area contributed by atoms with E-state index in [2.05, 4.69) is 24.3 Å². The lowest BCUT2D eigenvalue weighted by molar-refractivity contribution is -0.148. The van der Waals surface area contributed by atoms with Crippen LogP contribution in [0, 0.1) is 0 Å². The van der Waals surface area contributed by atoms with Crippen LogP contribution in [-0.2, 0) is 16.0 Å². The third-order valence-electron chi connectivity index (χ3n) is 2.79. The topological polar surface area (TPSA) is 26.3 Å². The molecule has 1 atom stereocenters. The maximum Gasteiger partial charge on any atom is 0.305 e. The fraction of sp³-hybridized carbons (Fsp3) is 0.533. The number of aryl methyl sites for hydroxylation is 1. The average Bonchev–Trinajstić information content (AvgIpc) is 2.36. The number of carbonyl (C=O) groups excluding carboxylic acids is 1. The number of hydrogen-bond acceptors (Lipinski definition) is 2. The molecule has 0 aliphatic carbocycles. The number of ether oxygens (including phenoxy) is 1. The minimum absolute atomic E-state index is 0.0539. The molecule has 0 fully saturated rings. The number of hydrogen-bond donors (Lipinski definition) is 0. The molecule has 1 unspecified atom stereocenters. The van der Waals surface area contributed by atoms with Crippen molar-refractivity contribution in [2.24, 2.45) is 0 Å². The predicted molar refractivity (Wildman–Crippen MR) is 69.8 cm³/mol. The van der Waals surface area contributed by atoms with E-state index in [9.17, 15) is 4.79 Å². The van der Waals surface area contributed by atoms with E-state index >= 15 is 0 Å². The minimum atomic E-state index is -0.0967. The molecule has 0 aliphatic heterocycles. The second kappa shape index (κ2) is 7.88. The number of esters is 1. The van der Waals surface area contributed by atoms with Crippen molar-refractivity contribution in [2.45, 2.75) is 52.1 Å². The lowest BCUT2D eigenvalue weighted by Crippen LogP contribution is -2.13. The molecule has 0 aliphatic rings. The summed E-state index contributed by atoms with van der Waals surface area (Å²) in [5.41, 5.74) is 1.38. The molecule has 0 aromatic heterocycles. The first-order valence-electron chi connectivity index (χ1n) is 6.45. The van der Waals surface area contributed by atoms with E-state index in [4.69, 9.17) is 4.74 Å². The summed E-state index contributed by atoms with van der Waals surface area (Å²) in [5, 5.41) is 0. The van der Waals surface area contributed by atoms with Crippen LogP contribution in [0.15, 0.2) is 30.3 Å². The van der Waals surface area contributed by atoms with E-state index in [0.29, 0.717) is 6.42 Å². The van der Waals surface area contributed by atoms with E-state index in [1.165, 1.54) is 5.56 Å². The Balaban J connectivity index is 2.10. The zero-order chi connectivity index (χ0) is 12.5. The summed E-state index contributed by atoms with van der Waals surface area (Å²) in [6.45, 7) is 3.79. The molecule has 17 heavy (non-hydrogen) atoms. The second-order valence-electron chi connectivity index (χ2n) is 4.39. The quantitative estimate of drug-likeness (QED) is 0.530. The molecular formula is C15H22O2. The lowest BCUT2D eigenvalue weighted by atomic mass is 10.1. The summed E-state index contributed by atoms with van der Waals surface area (Å²) in [7, 11) is 0. The zero-order valence-corrected chi connectivity index (χ0v) is 10.8. The third-order valence-corrected chi connectivity index (χ3v) is 2.79. The molecule has 0 heterocycles. The largest absolute Gasteiger partial charge is 0.463 e. The van der Waals surface area contributed by atoms with Crippen molar-refractivity contribution in [2.75, 3.05) is 0 Å². The van der Waals surface area contributed by atoms with Crippen LogP contribution in [0.2, 0.25) is 0 Å². The van der Waals surface area contributed by atoms with Crippen molar-refractivity contribution in [1.29, 1.82) is 0 Å². The van der Waals surface area contributed by atoms with Gasteiger partial charge in [0.25, 0.3) is 0 Å². The summed E-state index contributed by atoms with van der Waals surface area (Å²) in [6.07, 6.45) is 4.84. The fourth-order valence-electron chi connectivity index (χ4n) is 1.77. The van der Waals surface area contributed by atoms with Gasteiger partial charge < -0.3 is 4.74 Å². The van der Waals surface area contributed by atoms with Gasteiger partial charge in [0.1, 0.15) is 0 Å². The molecule has 1 rings (SSSR count). The highest BCUT2D eigenvalue weighted by Gasteiger charge is 2.06. The van der Waals surface area contributed by atoms with Gasteiger partial charge in [-0.1, -0.05) is 37.3 Å². The Hall–Kier alpha value is -1.31. The summed E-state index contributed by atoms with van der Waals surface area (Å²) in [6, 6.07) is 10.5. The molecule has 94 valence electrons. The Morgan fingerprint density at radius 2 is 1.94 bits per heavy atom. The van der Waals surface area contributed by atoms with E-state index in [1.54, 1.807) is 0 Å². The number of rotatable bonds is 7. The zero-order valence-electron chi connectivity index (χ0n) is 10.8. The Bertz CT molecular complexity index is 319. The van der Waals surface area contributed by atoms with E-state index in [1.807, 2.05) is 19.9 Å². The Morgan fingerprint density at radius 3 is 2.59 bits per heavy atom. The standard InChI is InChI=1S/C15H22O2/c1-3-15(16)17-13(2)9-7-8-12-14-10-5-4-6-11-14/h4-6,10-11,13H,3,7-9,12H2,1-2H3. The SMILES string of the molecule is CCC(=O)OC(C)CCCCc1ccccc1. The molecule has 0 radical (unpaired) electrons. The molecule has 0 bridgehead atoms. The van der Waals surface area contributed by atoms with Gasteiger partial charge in [-0.25, -0.2) is 0 Å². The van der Waals surface area contributed by atoms with Crippen LogP contribution >= 0.6 is 0 Å². The maximum atomic E-state index is 11.1. The highest BCUT2D eigenvalue weighted by Crippen LogP contribution is 2.09. The molecule has 0 amide bonds.